The third-order valence-electron chi connectivity index (χ3n) is 9.65. The molecule has 25 heavy (non-hydrogen) atoms. The van der Waals surface area contributed by atoms with Crippen LogP contribution in [0, 0.1) is 34.0 Å². The molecule has 2 nitrogen and oxygen atoms in total. The van der Waals surface area contributed by atoms with E-state index in [1.54, 1.807) is 11.1 Å². The van der Waals surface area contributed by atoms with E-state index in [4.69, 9.17) is 0 Å². The lowest BCUT2D eigenvalue weighted by Crippen LogP contribution is -2.51. The second-order valence-electron chi connectivity index (χ2n) is 10.4. The molecule has 0 aromatic carbocycles. The Hall–Kier alpha value is -1.18. The van der Waals surface area contributed by atoms with Crippen LogP contribution in [0.25, 0.3) is 0 Å². The number of hydrogen-bond acceptors (Lipinski definition) is 2. The van der Waals surface area contributed by atoms with E-state index >= 15 is 0 Å². The van der Waals surface area contributed by atoms with Crippen molar-refractivity contribution in [3.05, 3.63) is 22.8 Å². The average molecular weight is 336 g/mol. The van der Waals surface area contributed by atoms with Gasteiger partial charge in [0.05, 0.1) is 5.41 Å². The van der Waals surface area contributed by atoms with Gasteiger partial charge in [0.1, 0.15) is 11.6 Å². The topological polar surface area (TPSA) is 34.1 Å². The fourth-order valence-electron chi connectivity index (χ4n) is 8.23. The number of carbonyl (C=O) groups is 2. The molecule has 6 aliphatic rings. The van der Waals surface area contributed by atoms with Crippen LogP contribution in [-0.4, -0.2) is 11.6 Å². The van der Waals surface area contributed by atoms with E-state index < -0.39 is 0 Å². The molecule has 0 heterocycles. The number of carbonyl (C=O) groups excluding carboxylic acids is 2. The second kappa shape index (κ2) is 4.21. The number of allylic oxidation sites excluding steroid dienone is 4. The zero-order valence-corrected chi connectivity index (χ0v) is 15.5. The Morgan fingerprint density at radius 1 is 1.08 bits per heavy atom. The molecule has 0 bridgehead atoms. The number of fused-ring (bicyclic) bond motifs is 6. The fourth-order valence-corrected chi connectivity index (χ4v) is 8.23. The van der Waals surface area contributed by atoms with E-state index in [-0.39, 0.29) is 16.2 Å². The molecule has 6 atom stereocenters. The highest BCUT2D eigenvalue weighted by Gasteiger charge is 2.69. The molecule has 0 amide bonds. The molecule has 6 rings (SSSR count). The van der Waals surface area contributed by atoms with Crippen LogP contribution in [0.4, 0.5) is 0 Å². The molecule has 132 valence electrons. The van der Waals surface area contributed by atoms with Crippen LogP contribution in [0.1, 0.15) is 71.6 Å². The van der Waals surface area contributed by atoms with Crippen LogP contribution in [0.15, 0.2) is 22.8 Å². The van der Waals surface area contributed by atoms with Gasteiger partial charge in [-0.2, -0.15) is 0 Å². The first-order valence-corrected chi connectivity index (χ1v) is 10.4. The van der Waals surface area contributed by atoms with Crippen molar-refractivity contribution >= 4 is 11.6 Å². The van der Waals surface area contributed by atoms with Crippen LogP contribution < -0.4 is 0 Å². The Labute approximate surface area is 150 Å². The largest absolute Gasteiger partial charge is 0.299 e. The van der Waals surface area contributed by atoms with Crippen molar-refractivity contribution in [3.8, 4) is 0 Å². The lowest BCUT2D eigenvalue weighted by molar-refractivity contribution is -0.130. The summed E-state index contributed by atoms with van der Waals surface area (Å²) < 4.78 is 0. The number of ketones is 2. The highest BCUT2D eigenvalue weighted by Crippen LogP contribution is 2.75. The average Bonchev–Trinajstić information content (AvgIpc) is 3.27. The van der Waals surface area contributed by atoms with Gasteiger partial charge in [-0.15, -0.1) is 0 Å². The van der Waals surface area contributed by atoms with Crippen molar-refractivity contribution in [1.82, 2.24) is 0 Å². The van der Waals surface area contributed by atoms with Gasteiger partial charge in [-0.25, -0.2) is 0 Å². The van der Waals surface area contributed by atoms with Gasteiger partial charge in [-0.05, 0) is 67.1 Å². The van der Waals surface area contributed by atoms with Crippen molar-refractivity contribution in [2.75, 3.05) is 0 Å². The molecule has 1 spiro atoms. The first-order valence-electron chi connectivity index (χ1n) is 10.4. The molecule has 0 N–H and O–H groups in total. The highest BCUT2D eigenvalue weighted by atomic mass is 16.1. The summed E-state index contributed by atoms with van der Waals surface area (Å²) in [7, 11) is 0. The van der Waals surface area contributed by atoms with Crippen molar-refractivity contribution < 1.29 is 9.59 Å². The van der Waals surface area contributed by atoms with Gasteiger partial charge in [0, 0.05) is 19.3 Å². The smallest absolute Gasteiger partial charge is 0.143 e. The molecule has 4 saturated carbocycles. The minimum atomic E-state index is -0.111. The predicted octanol–water partition coefficient (Wildman–Crippen LogP) is 4.79. The summed E-state index contributed by atoms with van der Waals surface area (Å²) in [5, 5.41) is 0. The zero-order chi connectivity index (χ0) is 17.2. The minimum Gasteiger partial charge on any atom is -0.299 e. The van der Waals surface area contributed by atoms with E-state index in [1.165, 1.54) is 18.4 Å². The normalized spacial score (nSPS) is 52.9. The van der Waals surface area contributed by atoms with Crippen LogP contribution in [0.2, 0.25) is 0 Å². The molecule has 6 aliphatic carbocycles. The number of hydrogen-bond donors (Lipinski definition) is 0. The molecule has 2 heteroatoms. The summed E-state index contributed by atoms with van der Waals surface area (Å²) in [6.07, 6.45) is 11.5. The Bertz CT molecular complexity index is 801. The van der Waals surface area contributed by atoms with Gasteiger partial charge in [-0.1, -0.05) is 36.6 Å². The van der Waals surface area contributed by atoms with E-state index in [0.717, 1.165) is 44.9 Å². The summed E-state index contributed by atoms with van der Waals surface area (Å²) in [6.45, 7) is 4.85. The van der Waals surface area contributed by atoms with E-state index in [2.05, 4.69) is 19.9 Å². The maximum absolute atomic E-state index is 13.1. The van der Waals surface area contributed by atoms with Crippen molar-refractivity contribution in [2.24, 2.45) is 34.0 Å². The van der Waals surface area contributed by atoms with E-state index in [9.17, 15) is 9.59 Å². The summed E-state index contributed by atoms with van der Waals surface area (Å²) in [6, 6.07) is 0. The number of rotatable bonds is 0. The maximum atomic E-state index is 13.1. The SMILES string of the molecule is CC12CCC(=O)CC1=C1CC1C1C3=CC[C@@]4(C)CCC(=O)C34CCC12. The van der Waals surface area contributed by atoms with Gasteiger partial charge in [-0.3, -0.25) is 9.59 Å². The minimum absolute atomic E-state index is 0.111. The molecule has 0 aromatic rings. The third kappa shape index (κ3) is 1.48. The van der Waals surface area contributed by atoms with Gasteiger partial charge >= 0.3 is 0 Å². The van der Waals surface area contributed by atoms with Gasteiger partial charge < -0.3 is 0 Å². The molecule has 0 aromatic heterocycles. The van der Waals surface area contributed by atoms with Gasteiger partial charge in [0.2, 0.25) is 0 Å². The maximum Gasteiger partial charge on any atom is 0.143 e. The molecule has 0 radical (unpaired) electrons. The standard InChI is InChI=1S/C23H28O2/c1-21-7-4-17-20-15-12-14(15)18-11-13(24)3-9-22(18,2)16(20)5-10-23(17,21)19(25)6-8-21/h4,15-16,20H,3,5-12H2,1-2H3/t15?,16?,20?,21-,22?,23?/m0/s1. The number of Topliss-reactive ketones (excluding diaryl/α,β-unsaturated/α-hetero) is 2. The Morgan fingerprint density at radius 3 is 2.76 bits per heavy atom. The Morgan fingerprint density at radius 2 is 1.92 bits per heavy atom. The second-order valence-corrected chi connectivity index (χ2v) is 10.4. The first-order chi connectivity index (χ1) is 11.9. The fraction of sp³-hybridized carbons (Fsp3) is 0.739. The summed E-state index contributed by atoms with van der Waals surface area (Å²) in [4.78, 5) is 25.2. The molecule has 0 saturated heterocycles. The van der Waals surface area contributed by atoms with Crippen molar-refractivity contribution in [2.45, 2.75) is 71.6 Å². The first kappa shape index (κ1) is 14.9. The molecule has 5 unspecified atom stereocenters. The highest BCUT2D eigenvalue weighted by molar-refractivity contribution is 5.93. The third-order valence-corrected chi connectivity index (χ3v) is 9.65. The van der Waals surface area contributed by atoms with Crippen molar-refractivity contribution in [3.63, 3.8) is 0 Å². The Balaban J connectivity index is 1.50. The zero-order valence-electron chi connectivity index (χ0n) is 15.5. The van der Waals surface area contributed by atoms with Crippen LogP contribution >= 0.6 is 0 Å². The quantitative estimate of drug-likeness (QED) is 0.596. The van der Waals surface area contributed by atoms with Crippen LogP contribution in [-0.2, 0) is 9.59 Å². The molecule has 4 fully saturated rings. The van der Waals surface area contributed by atoms with Crippen molar-refractivity contribution in [1.29, 1.82) is 0 Å². The molecule has 0 aliphatic heterocycles. The van der Waals surface area contributed by atoms with E-state index in [1.807, 2.05) is 0 Å². The Kier molecular flexibility index (Phi) is 2.51. The molecular formula is C23H28O2. The van der Waals surface area contributed by atoms with Crippen LogP contribution in [0.3, 0.4) is 0 Å². The summed E-state index contributed by atoms with van der Waals surface area (Å²) in [5.74, 6) is 2.94. The summed E-state index contributed by atoms with van der Waals surface area (Å²) in [5.41, 5.74) is 5.03. The van der Waals surface area contributed by atoms with Crippen LogP contribution in [0.5, 0.6) is 0 Å². The van der Waals surface area contributed by atoms with E-state index in [0.29, 0.717) is 29.3 Å². The van der Waals surface area contributed by atoms with Gasteiger partial charge in [0.25, 0.3) is 0 Å². The molecular weight excluding hydrogens is 308 g/mol. The summed E-state index contributed by atoms with van der Waals surface area (Å²) >= 11 is 0. The predicted molar refractivity (Wildman–Crippen MR) is 95.8 cm³/mol. The lowest BCUT2D eigenvalue weighted by Gasteiger charge is -2.56. The lowest BCUT2D eigenvalue weighted by atomic mass is 9.47. The monoisotopic (exact) mass is 336 g/mol. The van der Waals surface area contributed by atoms with Gasteiger partial charge in [0.15, 0.2) is 0 Å².